The molecule has 1 saturated carbocycles. The standard InChI is InChI=1S/C12H14F2O/c13-10-6-5-8(7-11(10)14)9-3-1-2-4-12(9)15/h5-7,9,12,15H,1-4H2/t9-,12+/m1/s1. The molecule has 0 amide bonds. The van der Waals surface area contributed by atoms with Crippen LogP contribution >= 0.6 is 0 Å². The molecule has 1 nitrogen and oxygen atoms in total. The average molecular weight is 212 g/mol. The zero-order chi connectivity index (χ0) is 10.8. The van der Waals surface area contributed by atoms with E-state index in [0.29, 0.717) is 5.56 Å². The lowest BCUT2D eigenvalue weighted by molar-refractivity contribution is 0.106. The normalized spacial score (nSPS) is 26.6. The van der Waals surface area contributed by atoms with Gasteiger partial charge in [0.05, 0.1) is 6.10 Å². The third-order valence-corrected chi connectivity index (χ3v) is 3.10. The first-order valence-corrected chi connectivity index (χ1v) is 5.31. The molecular weight excluding hydrogens is 198 g/mol. The van der Waals surface area contributed by atoms with Crippen molar-refractivity contribution in [3.8, 4) is 0 Å². The van der Waals surface area contributed by atoms with Crippen molar-refractivity contribution in [1.82, 2.24) is 0 Å². The van der Waals surface area contributed by atoms with Crippen LogP contribution in [0.25, 0.3) is 0 Å². The van der Waals surface area contributed by atoms with Crippen LogP contribution in [0.1, 0.15) is 37.2 Å². The van der Waals surface area contributed by atoms with E-state index in [4.69, 9.17) is 0 Å². The van der Waals surface area contributed by atoms with Gasteiger partial charge in [0.2, 0.25) is 0 Å². The van der Waals surface area contributed by atoms with Gasteiger partial charge >= 0.3 is 0 Å². The van der Waals surface area contributed by atoms with Crippen LogP contribution in [-0.2, 0) is 0 Å². The van der Waals surface area contributed by atoms with E-state index in [1.54, 1.807) is 6.07 Å². The Morgan fingerprint density at radius 1 is 1.07 bits per heavy atom. The SMILES string of the molecule is O[C@H]1CCCC[C@@H]1c1ccc(F)c(F)c1. The van der Waals surface area contributed by atoms with E-state index in [-0.39, 0.29) is 5.92 Å². The smallest absolute Gasteiger partial charge is 0.159 e. The van der Waals surface area contributed by atoms with Gasteiger partial charge in [-0.25, -0.2) is 8.78 Å². The summed E-state index contributed by atoms with van der Waals surface area (Å²) in [5.41, 5.74) is 0.709. The average Bonchev–Trinajstić information content (AvgIpc) is 2.23. The number of hydrogen-bond acceptors (Lipinski definition) is 1. The Hall–Kier alpha value is -0.960. The van der Waals surface area contributed by atoms with Crippen molar-refractivity contribution >= 4 is 0 Å². The van der Waals surface area contributed by atoms with Gasteiger partial charge in [-0.3, -0.25) is 0 Å². The largest absolute Gasteiger partial charge is 0.392 e. The van der Waals surface area contributed by atoms with Gasteiger partial charge in [0.15, 0.2) is 11.6 Å². The number of benzene rings is 1. The zero-order valence-corrected chi connectivity index (χ0v) is 8.42. The number of rotatable bonds is 1. The molecule has 1 N–H and O–H groups in total. The van der Waals surface area contributed by atoms with Gasteiger partial charge in [0.25, 0.3) is 0 Å². The van der Waals surface area contributed by atoms with Crippen LogP contribution in [-0.4, -0.2) is 11.2 Å². The molecular formula is C12H14F2O. The lowest BCUT2D eigenvalue weighted by Crippen LogP contribution is -2.22. The first kappa shape index (κ1) is 10.6. The highest BCUT2D eigenvalue weighted by Gasteiger charge is 2.25. The van der Waals surface area contributed by atoms with Gasteiger partial charge in [0.1, 0.15) is 0 Å². The monoisotopic (exact) mass is 212 g/mol. The summed E-state index contributed by atoms with van der Waals surface area (Å²) in [6.07, 6.45) is 3.25. The number of aliphatic hydroxyl groups excluding tert-OH is 1. The van der Waals surface area contributed by atoms with E-state index < -0.39 is 17.7 Å². The van der Waals surface area contributed by atoms with Crippen molar-refractivity contribution in [3.05, 3.63) is 35.4 Å². The molecule has 3 heteroatoms. The second-order valence-corrected chi connectivity index (χ2v) is 4.13. The Balaban J connectivity index is 2.24. The van der Waals surface area contributed by atoms with E-state index in [1.165, 1.54) is 6.07 Å². The van der Waals surface area contributed by atoms with Gasteiger partial charge in [-0.15, -0.1) is 0 Å². The Kier molecular flexibility index (Phi) is 3.00. The maximum absolute atomic E-state index is 13.0. The molecule has 1 aromatic carbocycles. The van der Waals surface area contributed by atoms with E-state index in [0.717, 1.165) is 31.7 Å². The molecule has 0 aliphatic heterocycles. The summed E-state index contributed by atoms with van der Waals surface area (Å²) in [5, 5.41) is 9.77. The van der Waals surface area contributed by atoms with Gasteiger partial charge in [-0.2, -0.15) is 0 Å². The molecule has 0 spiro atoms. The predicted octanol–water partition coefficient (Wildman–Crippen LogP) is 2.98. The molecule has 0 unspecified atom stereocenters. The van der Waals surface area contributed by atoms with E-state index in [1.807, 2.05) is 0 Å². The molecule has 0 saturated heterocycles. The molecule has 1 fully saturated rings. The van der Waals surface area contributed by atoms with Gasteiger partial charge in [-0.05, 0) is 30.5 Å². The summed E-state index contributed by atoms with van der Waals surface area (Å²) in [6, 6.07) is 3.90. The Morgan fingerprint density at radius 3 is 2.47 bits per heavy atom. The zero-order valence-electron chi connectivity index (χ0n) is 8.42. The highest BCUT2D eigenvalue weighted by atomic mass is 19.2. The van der Waals surface area contributed by atoms with E-state index in [9.17, 15) is 13.9 Å². The molecule has 0 aromatic heterocycles. The van der Waals surface area contributed by atoms with Gasteiger partial charge < -0.3 is 5.11 Å². The van der Waals surface area contributed by atoms with Crippen LogP contribution in [0, 0.1) is 11.6 Å². The summed E-state index contributed by atoms with van der Waals surface area (Å²) in [4.78, 5) is 0. The van der Waals surface area contributed by atoms with Gasteiger partial charge in [0, 0.05) is 5.92 Å². The topological polar surface area (TPSA) is 20.2 Å². The fourth-order valence-electron chi connectivity index (χ4n) is 2.24. The van der Waals surface area contributed by atoms with Crippen LogP contribution in [0.5, 0.6) is 0 Å². The minimum absolute atomic E-state index is 0.0335. The van der Waals surface area contributed by atoms with Crippen molar-refractivity contribution in [2.75, 3.05) is 0 Å². The molecule has 1 aromatic rings. The van der Waals surface area contributed by atoms with Crippen molar-refractivity contribution in [1.29, 1.82) is 0 Å². The van der Waals surface area contributed by atoms with Crippen LogP contribution in [0.15, 0.2) is 18.2 Å². The molecule has 0 radical (unpaired) electrons. The Morgan fingerprint density at radius 2 is 1.80 bits per heavy atom. The summed E-state index contributed by atoms with van der Waals surface area (Å²) in [5.74, 6) is -1.69. The molecule has 1 aliphatic carbocycles. The summed E-state index contributed by atoms with van der Waals surface area (Å²) in [6.45, 7) is 0. The number of halogens is 2. The summed E-state index contributed by atoms with van der Waals surface area (Å²) >= 11 is 0. The Labute approximate surface area is 87.7 Å². The maximum Gasteiger partial charge on any atom is 0.159 e. The Bertz CT molecular complexity index is 351. The molecule has 2 atom stereocenters. The molecule has 15 heavy (non-hydrogen) atoms. The summed E-state index contributed by atoms with van der Waals surface area (Å²) in [7, 11) is 0. The number of hydrogen-bond donors (Lipinski definition) is 1. The molecule has 1 aliphatic rings. The van der Waals surface area contributed by atoms with Crippen LogP contribution in [0.2, 0.25) is 0 Å². The highest BCUT2D eigenvalue weighted by molar-refractivity contribution is 5.23. The van der Waals surface area contributed by atoms with Crippen molar-refractivity contribution in [2.24, 2.45) is 0 Å². The maximum atomic E-state index is 13.0. The molecule has 0 bridgehead atoms. The lowest BCUT2D eigenvalue weighted by Gasteiger charge is -2.27. The fourth-order valence-corrected chi connectivity index (χ4v) is 2.24. The fraction of sp³-hybridized carbons (Fsp3) is 0.500. The summed E-state index contributed by atoms with van der Waals surface area (Å²) < 4.78 is 25.7. The van der Waals surface area contributed by atoms with E-state index in [2.05, 4.69) is 0 Å². The minimum Gasteiger partial charge on any atom is -0.392 e. The van der Waals surface area contributed by atoms with Gasteiger partial charge in [-0.1, -0.05) is 18.9 Å². The minimum atomic E-state index is -0.830. The quantitative estimate of drug-likeness (QED) is 0.758. The number of aliphatic hydroxyl groups is 1. The van der Waals surface area contributed by atoms with Crippen LogP contribution < -0.4 is 0 Å². The second kappa shape index (κ2) is 4.27. The highest BCUT2D eigenvalue weighted by Crippen LogP contribution is 2.33. The third kappa shape index (κ3) is 2.17. The second-order valence-electron chi connectivity index (χ2n) is 4.13. The molecule has 0 heterocycles. The third-order valence-electron chi connectivity index (χ3n) is 3.10. The van der Waals surface area contributed by atoms with E-state index >= 15 is 0 Å². The molecule has 2 rings (SSSR count). The van der Waals surface area contributed by atoms with Crippen molar-refractivity contribution in [3.63, 3.8) is 0 Å². The first-order chi connectivity index (χ1) is 7.18. The van der Waals surface area contributed by atoms with Crippen LogP contribution in [0.3, 0.4) is 0 Å². The lowest BCUT2D eigenvalue weighted by atomic mass is 9.82. The first-order valence-electron chi connectivity index (χ1n) is 5.31. The predicted molar refractivity (Wildman–Crippen MR) is 53.6 cm³/mol. The van der Waals surface area contributed by atoms with Crippen molar-refractivity contribution < 1.29 is 13.9 Å². The molecule has 82 valence electrons. The van der Waals surface area contributed by atoms with Crippen molar-refractivity contribution in [2.45, 2.75) is 37.7 Å². The van der Waals surface area contributed by atoms with Crippen LogP contribution in [0.4, 0.5) is 8.78 Å².